The molecule has 0 spiro atoms. The molecular formula is C23H24Cl2N4O6. The second kappa shape index (κ2) is 10.7. The number of furan rings is 1. The molecule has 1 fully saturated rings. The number of ether oxygens (including phenoxy) is 3. The van der Waals surface area contributed by atoms with Crippen LogP contribution in [0, 0.1) is 0 Å². The van der Waals surface area contributed by atoms with Gasteiger partial charge in [0.1, 0.15) is 28.9 Å². The highest BCUT2D eigenvalue weighted by molar-refractivity contribution is 6.38. The number of aliphatic hydroxyl groups excluding tert-OH is 1. The van der Waals surface area contributed by atoms with Crippen LogP contribution in [0.5, 0.6) is 11.5 Å². The Morgan fingerprint density at radius 3 is 2.63 bits per heavy atom. The fourth-order valence-corrected chi connectivity index (χ4v) is 4.52. The van der Waals surface area contributed by atoms with Gasteiger partial charge in [-0.1, -0.05) is 29.8 Å². The van der Waals surface area contributed by atoms with Crippen molar-refractivity contribution >= 4 is 46.2 Å². The maximum atomic E-state index is 11.8. The molecule has 1 amide bonds. The minimum Gasteiger partial charge on any atom is -0.495 e. The number of anilines is 1. The van der Waals surface area contributed by atoms with Crippen molar-refractivity contribution in [2.24, 2.45) is 0 Å². The van der Waals surface area contributed by atoms with Crippen molar-refractivity contribution in [3.8, 4) is 11.5 Å². The van der Waals surface area contributed by atoms with Gasteiger partial charge in [0.25, 0.3) is 0 Å². The number of nitrogens with zero attached hydrogens (tertiary/aromatic N) is 2. The van der Waals surface area contributed by atoms with Crippen LogP contribution in [-0.4, -0.2) is 60.5 Å². The molecule has 0 radical (unpaired) electrons. The summed E-state index contributed by atoms with van der Waals surface area (Å²) < 4.78 is 21.9. The van der Waals surface area contributed by atoms with Crippen LogP contribution in [0.4, 0.5) is 5.95 Å². The van der Waals surface area contributed by atoms with Crippen LogP contribution in [0.25, 0.3) is 11.1 Å². The van der Waals surface area contributed by atoms with Crippen LogP contribution in [0.1, 0.15) is 23.8 Å². The number of methoxy groups -OCH3 is 2. The number of hydrogen-bond acceptors (Lipinski definition) is 9. The maximum Gasteiger partial charge on any atom is 0.243 e. The summed E-state index contributed by atoms with van der Waals surface area (Å²) in [7, 11) is 2.89. The number of halogens is 2. The van der Waals surface area contributed by atoms with Crippen molar-refractivity contribution < 1.29 is 28.5 Å². The van der Waals surface area contributed by atoms with Crippen molar-refractivity contribution in [2.45, 2.75) is 24.6 Å². The van der Waals surface area contributed by atoms with E-state index in [-0.39, 0.29) is 50.9 Å². The number of aliphatic hydroxyl groups is 1. The normalized spacial score (nSPS) is 18.7. The fourth-order valence-electron chi connectivity index (χ4n) is 3.81. The van der Waals surface area contributed by atoms with E-state index in [9.17, 15) is 9.90 Å². The summed E-state index contributed by atoms with van der Waals surface area (Å²) in [6.45, 7) is 4.39. The van der Waals surface area contributed by atoms with Crippen molar-refractivity contribution in [3.63, 3.8) is 0 Å². The highest BCUT2D eigenvalue weighted by atomic mass is 35.5. The second-order valence-corrected chi connectivity index (χ2v) is 8.51. The molecule has 2 aromatic heterocycles. The summed E-state index contributed by atoms with van der Waals surface area (Å²) in [5.41, 5.74) is 0.972. The average Bonchev–Trinajstić information content (AvgIpc) is 3.29. The van der Waals surface area contributed by atoms with Gasteiger partial charge in [-0.05, 0) is 12.5 Å². The van der Waals surface area contributed by atoms with Gasteiger partial charge in [-0.2, -0.15) is 0 Å². The monoisotopic (exact) mass is 522 g/mol. The van der Waals surface area contributed by atoms with Gasteiger partial charge in [0.15, 0.2) is 5.58 Å². The lowest BCUT2D eigenvalue weighted by Crippen LogP contribution is -2.52. The van der Waals surface area contributed by atoms with E-state index in [1.807, 2.05) is 0 Å². The van der Waals surface area contributed by atoms with E-state index < -0.39 is 6.10 Å². The molecule has 186 valence electrons. The summed E-state index contributed by atoms with van der Waals surface area (Å²) in [5.74, 6) is 0.781. The van der Waals surface area contributed by atoms with Gasteiger partial charge >= 0.3 is 0 Å². The van der Waals surface area contributed by atoms with Crippen LogP contribution >= 0.6 is 23.2 Å². The number of fused-ring (bicyclic) bond motifs is 1. The number of rotatable bonds is 8. The molecule has 3 atom stereocenters. The molecule has 10 nitrogen and oxygen atoms in total. The van der Waals surface area contributed by atoms with E-state index in [1.54, 1.807) is 6.07 Å². The summed E-state index contributed by atoms with van der Waals surface area (Å²) in [6.07, 6.45) is 2.02. The Hall–Kier alpha value is -3.05. The summed E-state index contributed by atoms with van der Waals surface area (Å²) in [6, 6.07) is 2.68. The zero-order valence-electron chi connectivity index (χ0n) is 19.0. The Morgan fingerprint density at radius 2 is 1.97 bits per heavy atom. The lowest BCUT2D eigenvalue weighted by atomic mass is 10.0. The summed E-state index contributed by atoms with van der Waals surface area (Å²) in [4.78, 5) is 20.5. The first-order valence-corrected chi connectivity index (χ1v) is 11.4. The predicted molar refractivity (Wildman–Crippen MR) is 130 cm³/mol. The van der Waals surface area contributed by atoms with Gasteiger partial charge in [0.05, 0.1) is 49.2 Å². The highest BCUT2D eigenvalue weighted by Gasteiger charge is 2.29. The summed E-state index contributed by atoms with van der Waals surface area (Å²) >= 11 is 12.9. The molecule has 4 rings (SSSR count). The molecule has 1 aromatic carbocycles. The Labute approximate surface area is 211 Å². The van der Waals surface area contributed by atoms with E-state index >= 15 is 0 Å². The zero-order valence-corrected chi connectivity index (χ0v) is 20.5. The number of hydrogen-bond donors (Lipinski definition) is 3. The standard InChI is InChI=1S/C23H24Cl2N4O6/c1-4-18(30)27-11-5-6-34-10-13(11)29-23-26-9-17-12(28-23)7-16(35-17)22(31)19-20(24)14(32-2)8-15(33-3)21(19)25/h4,7-9,11,13,22,31H,1,5-6,10H2,2-3H3,(H,27,30)(H,26,28,29). The molecule has 0 aliphatic carbocycles. The first-order chi connectivity index (χ1) is 16.9. The smallest absolute Gasteiger partial charge is 0.243 e. The van der Waals surface area contributed by atoms with Crippen LogP contribution in [0.15, 0.2) is 35.4 Å². The van der Waals surface area contributed by atoms with E-state index in [0.29, 0.717) is 36.7 Å². The third-order valence-electron chi connectivity index (χ3n) is 5.62. The lowest BCUT2D eigenvalue weighted by Gasteiger charge is -2.32. The molecule has 3 N–H and O–H groups in total. The first kappa shape index (κ1) is 25.1. The first-order valence-electron chi connectivity index (χ1n) is 10.7. The fraction of sp³-hybridized carbons (Fsp3) is 0.348. The number of amides is 1. The number of nitrogens with one attached hydrogen (secondary N) is 2. The SMILES string of the molecule is C=CC(=O)NC1CCOCC1Nc1ncc2oc(C(O)c3c(Cl)c(OC)cc(OC)c3Cl)cc2n1. The van der Waals surface area contributed by atoms with Crippen LogP contribution in [-0.2, 0) is 9.53 Å². The van der Waals surface area contributed by atoms with Crippen molar-refractivity contribution in [1.29, 1.82) is 0 Å². The van der Waals surface area contributed by atoms with Crippen LogP contribution in [0.3, 0.4) is 0 Å². The number of carbonyl (C=O) groups is 1. The molecular weight excluding hydrogens is 499 g/mol. The molecule has 1 aliphatic rings. The highest BCUT2D eigenvalue weighted by Crippen LogP contribution is 2.45. The van der Waals surface area contributed by atoms with Gasteiger partial charge in [0, 0.05) is 24.3 Å². The molecule has 35 heavy (non-hydrogen) atoms. The van der Waals surface area contributed by atoms with Crippen LogP contribution in [0.2, 0.25) is 10.0 Å². The molecule has 0 saturated carbocycles. The molecule has 3 heterocycles. The van der Waals surface area contributed by atoms with Gasteiger partial charge in [-0.15, -0.1) is 0 Å². The number of carbonyl (C=O) groups excluding carboxylic acids is 1. The van der Waals surface area contributed by atoms with Gasteiger partial charge in [0.2, 0.25) is 11.9 Å². The predicted octanol–water partition coefficient (Wildman–Crippen LogP) is 3.50. The Bertz CT molecular complexity index is 1220. The Morgan fingerprint density at radius 1 is 1.26 bits per heavy atom. The maximum absolute atomic E-state index is 11.8. The Kier molecular flexibility index (Phi) is 7.66. The Balaban J connectivity index is 1.61. The van der Waals surface area contributed by atoms with Crippen molar-refractivity contribution in [3.05, 3.63) is 52.4 Å². The molecule has 1 saturated heterocycles. The van der Waals surface area contributed by atoms with Crippen molar-refractivity contribution in [1.82, 2.24) is 15.3 Å². The van der Waals surface area contributed by atoms with E-state index in [2.05, 4.69) is 27.2 Å². The topological polar surface area (TPSA) is 128 Å². The minimum absolute atomic E-state index is 0.129. The van der Waals surface area contributed by atoms with E-state index in [4.69, 9.17) is 41.8 Å². The average molecular weight is 523 g/mol. The van der Waals surface area contributed by atoms with Gasteiger partial charge < -0.3 is 34.4 Å². The van der Waals surface area contributed by atoms with E-state index in [1.165, 1.54) is 32.6 Å². The molecule has 3 aromatic rings. The molecule has 3 unspecified atom stereocenters. The zero-order chi connectivity index (χ0) is 25.1. The van der Waals surface area contributed by atoms with Crippen LogP contribution < -0.4 is 20.1 Å². The lowest BCUT2D eigenvalue weighted by molar-refractivity contribution is -0.117. The van der Waals surface area contributed by atoms with Gasteiger partial charge in [-0.25, -0.2) is 9.97 Å². The minimum atomic E-state index is -1.32. The van der Waals surface area contributed by atoms with Gasteiger partial charge in [-0.3, -0.25) is 4.79 Å². The summed E-state index contributed by atoms with van der Waals surface area (Å²) in [5, 5.41) is 17.4. The molecule has 1 aliphatic heterocycles. The third kappa shape index (κ3) is 5.15. The quantitative estimate of drug-likeness (QED) is 0.380. The van der Waals surface area contributed by atoms with Crippen molar-refractivity contribution in [2.75, 3.05) is 32.8 Å². The molecule has 12 heteroatoms. The molecule has 0 bridgehead atoms. The largest absolute Gasteiger partial charge is 0.495 e. The second-order valence-electron chi connectivity index (χ2n) is 7.75. The number of benzene rings is 1. The third-order valence-corrected chi connectivity index (χ3v) is 6.40. The number of aromatic nitrogens is 2. The van der Waals surface area contributed by atoms with E-state index in [0.717, 1.165) is 0 Å².